The lowest BCUT2D eigenvalue weighted by atomic mass is 9.97. The van der Waals surface area contributed by atoms with Gasteiger partial charge in [-0.15, -0.1) is 0 Å². The Morgan fingerprint density at radius 3 is 3.00 bits per heavy atom. The van der Waals surface area contributed by atoms with Crippen molar-refractivity contribution in [2.75, 3.05) is 0 Å². The minimum atomic E-state index is 0.674. The molecule has 3 nitrogen and oxygen atoms in total. The zero-order valence-electron chi connectivity index (χ0n) is 9.63. The molecule has 18 heavy (non-hydrogen) atoms. The van der Waals surface area contributed by atoms with Crippen LogP contribution in [0, 0.1) is 0 Å². The van der Waals surface area contributed by atoms with E-state index in [1.54, 1.807) is 0 Å². The normalized spacial score (nSPS) is 12.7. The van der Waals surface area contributed by atoms with Crippen LogP contribution in [0.1, 0.15) is 11.1 Å². The Hall–Kier alpha value is -2.42. The fraction of sp³-hybridized carbons (Fsp3) is 0.0667. The smallest absolute Gasteiger partial charge is 0.225 e. The van der Waals surface area contributed by atoms with Crippen molar-refractivity contribution in [2.45, 2.75) is 6.42 Å². The molecule has 0 saturated carbocycles. The van der Waals surface area contributed by atoms with Crippen LogP contribution in [0.4, 0.5) is 0 Å². The van der Waals surface area contributed by atoms with Gasteiger partial charge in [0.1, 0.15) is 12.1 Å². The Labute approximate surface area is 104 Å². The molecule has 0 fully saturated rings. The summed E-state index contributed by atoms with van der Waals surface area (Å²) >= 11 is 0. The SMILES string of the molecule is c1ccc2c3c(ccc2c1)Oc1ncncc1C3. The van der Waals surface area contributed by atoms with Gasteiger partial charge in [0.15, 0.2) is 0 Å². The van der Waals surface area contributed by atoms with Gasteiger partial charge in [0, 0.05) is 23.7 Å². The average molecular weight is 234 g/mol. The van der Waals surface area contributed by atoms with Gasteiger partial charge in [-0.05, 0) is 16.8 Å². The van der Waals surface area contributed by atoms with Gasteiger partial charge < -0.3 is 4.74 Å². The number of benzene rings is 2. The number of nitrogens with zero attached hydrogens (tertiary/aromatic N) is 2. The molecule has 1 aromatic heterocycles. The van der Waals surface area contributed by atoms with Crippen LogP contribution in [0.2, 0.25) is 0 Å². The minimum absolute atomic E-state index is 0.674. The van der Waals surface area contributed by atoms with Gasteiger partial charge in [0.05, 0.1) is 0 Å². The van der Waals surface area contributed by atoms with E-state index in [1.807, 2.05) is 12.3 Å². The Morgan fingerprint density at radius 1 is 1.06 bits per heavy atom. The number of hydrogen-bond donors (Lipinski definition) is 0. The molecule has 0 N–H and O–H groups in total. The van der Waals surface area contributed by atoms with E-state index in [-0.39, 0.29) is 0 Å². The summed E-state index contributed by atoms with van der Waals surface area (Å²) < 4.78 is 5.83. The lowest BCUT2D eigenvalue weighted by Gasteiger charge is -2.20. The van der Waals surface area contributed by atoms with Crippen molar-refractivity contribution in [3.63, 3.8) is 0 Å². The second-order valence-electron chi connectivity index (χ2n) is 4.40. The van der Waals surface area contributed by atoms with Gasteiger partial charge in [-0.3, -0.25) is 0 Å². The fourth-order valence-corrected chi connectivity index (χ4v) is 2.45. The molecule has 3 aromatic rings. The first kappa shape index (κ1) is 9.59. The summed E-state index contributed by atoms with van der Waals surface area (Å²) in [6.45, 7) is 0. The molecule has 0 aliphatic carbocycles. The van der Waals surface area contributed by atoms with Crippen LogP contribution in [-0.2, 0) is 6.42 Å². The molecule has 3 heteroatoms. The molecule has 0 saturated heterocycles. The van der Waals surface area contributed by atoms with Crippen LogP contribution in [0.3, 0.4) is 0 Å². The van der Waals surface area contributed by atoms with Crippen LogP contribution in [0.25, 0.3) is 10.8 Å². The molecular weight excluding hydrogens is 224 g/mol. The number of rotatable bonds is 0. The van der Waals surface area contributed by atoms with E-state index in [9.17, 15) is 0 Å². The first-order valence-electron chi connectivity index (χ1n) is 5.89. The molecule has 1 aliphatic heterocycles. The van der Waals surface area contributed by atoms with Crippen molar-refractivity contribution in [2.24, 2.45) is 0 Å². The highest BCUT2D eigenvalue weighted by molar-refractivity contribution is 5.88. The first-order valence-corrected chi connectivity index (χ1v) is 5.89. The monoisotopic (exact) mass is 234 g/mol. The number of fused-ring (bicyclic) bond motifs is 4. The van der Waals surface area contributed by atoms with Crippen LogP contribution < -0.4 is 4.74 Å². The van der Waals surface area contributed by atoms with Crippen molar-refractivity contribution in [3.8, 4) is 11.6 Å². The average Bonchev–Trinajstić information content (AvgIpc) is 2.45. The highest BCUT2D eigenvalue weighted by atomic mass is 16.5. The van der Waals surface area contributed by atoms with E-state index < -0.39 is 0 Å². The first-order chi connectivity index (χ1) is 8.92. The number of aromatic nitrogens is 2. The van der Waals surface area contributed by atoms with E-state index in [4.69, 9.17) is 4.74 Å². The summed E-state index contributed by atoms with van der Waals surface area (Å²) in [7, 11) is 0. The van der Waals surface area contributed by atoms with Gasteiger partial charge in [0.2, 0.25) is 5.88 Å². The standard InChI is InChI=1S/C15H10N2O/c1-2-4-12-10(3-1)5-6-14-13(12)7-11-8-16-9-17-15(11)18-14/h1-6,8-9H,7H2. The van der Waals surface area contributed by atoms with Crippen molar-refractivity contribution >= 4 is 10.8 Å². The third-order valence-electron chi connectivity index (χ3n) is 3.32. The Morgan fingerprint density at radius 2 is 2.00 bits per heavy atom. The maximum atomic E-state index is 5.83. The molecule has 0 atom stereocenters. The summed E-state index contributed by atoms with van der Waals surface area (Å²) in [6.07, 6.45) is 4.17. The molecule has 0 radical (unpaired) electrons. The second-order valence-corrected chi connectivity index (χ2v) is 4.40. The predicted molar refractivity (Wildman–Crippen MR) is 68.9 cm³/mol. The summed E-state index contributed by atoms with van der Waals surface area (Å²) in [5, 5.41) is 2.48. The molecule has 2 aromatic carbocycles. The second kappa shape index (κ2) is 3.53. The zero-order valence-corrected chi connectivity index (χ0v) is 9.63. The van der Waals surface area contributed by atoms with E-state index in [2.05, 4.69) is 40.3 Å². The zero-order chi connectivity index (χ0) is 11.9. The van der Waals surface area contributed by atoms with Crippen LogP contribution in [0.5, 0.6) is 11.6 Å². The maximum absolute atomic E-state index is 5.83. The molecular formula is C15H10N2O. The van der Waals surface area contributed by atoms with E-state index >= 15 is 0 Å². The number of hydrogen-bond acceptors (Lipinski definition) is 3. The van der Waals surface area contributed by atoms with Gasteiger partial charge in [-0.2, -0.15) is 0 Å². The molecule has 4 rings (SSSR count). The van der Waals surface area contributed by atoms with Crippen LogP contribution in [-0.4, -0.2) is 9.97 Å². The van der Waals surface area contributed by atoms with Crippen molar-refractivity contribution in [1.29, 1.82) is 0 Å². The highest BCUT2D eigenvalue weighted by Gasteiger charge is 2.19. The number of ether oxygens (including phenoxy) is 1. The topological polar surface area (TPSA) is 35.0 Å². The minimum Gasteiger partial charge on any atom is -0.438 e. The quantitative estimate of drug-likeness (QED) is 0.468. The fourth-order valence-electron chi connectivity index (χ4n) is 2.45. The molecule has 0 spiro atoms. The summed E-state index contributed by atoms with van der Waals surface area (Å²) in [5.74, 6) is 1.58. The van der Waals surface area contributed by atoms with E-state index in [0.717, 1.165) is 17.7 Å². The summed E-state index contributed by atoms with van der Waals surface area (Å²) in [5.41, 5.74) is 2.26. The van der Waals surface area contributed by atoms with Gasteiger partial charge in [-0.1, -0.05) is 30.3 Å². The summed E-state index contributed by atoms with van der Waals surface area (Å²) in [6, 6.07) is 12.5. The molecule has 2 heterocycles. The largest absolute Gasteiger partial charge is 0.438 e. The maximum Gasteiger partial charge on any atom is 0.225 e. The third-order valence-corrected chi connectivity index (χ3v) is 3.32. The van der Waals surface area contributed by atoms with Crippen LogP contribution in [0.15, 0.2) is 48.9 Å². The molecule has 0 amide bonds. The Kier molecular flexibility index (Phi) is 1.88. The molecule has 0 unspecified atom stereocenters. The Balaban J connectivity index is 1.98. The molecule has 1 aliphatic rings. The predicted octanol–water partition coefficient (Wildman–Crippen LogP) is 3.33. The van der Waals surface area contributed by atoms with E-state index in [1.165, 1.54) is 22.7 Å². The van der Waals surface area contributed by atoms with Gasteiger partial charge in [-0.25, -0.2) is 9.97 Å². The molecule has 86 valence electrons. The van der Waals surface area contributed by atoms with Crippen molar-refractivity contribution < 1.29 is 4.74 Å². The lowest BCUT2D eigenvalue weighted by Crippen LogP contribution is -2.05. The van der Waals surface area contributed by atoms with Gasteiger partial charge >= 0.3 is 0 Å². The van der Waals surface area contributed by atoms with Gasteiger partial charge in [0.25, 0.3) is 0 Å². The molecule has 0 bridgehead atoms. The highest BCUT2D eigenvalue weighted by Crippen LogP contribution is 2.38. The van der Waals surface area contributed by atoms with E-state index in [0.29, 0.717) is 5.88 Å². The lowest BCUT2D eigenvalue weighted by molar-refractivity contribution is 0.440. The summed E-state index contributed by atoms with van der Waals surface area (Å²) in [4.78, 5) is 8.22. The van der Waals surface area contributed by atoms with Crippen molar-refractivity contribution in [1.82, 2.24) is 9.97 Å². The van der Waals surface area contributed by atoms with Crippen molar-refractivity contribution in [3.05, 3.63) is 60.0 Å². The Bertz CT molecular complexity index is 752. The third kappa shape index (κ3) is 1.31. The van der Waals surface area contributed by atoms with Crippen LogP contribution >= 0.6 is 0 Å².